The topological polar surface area (TPSA) is 112 Å². The van der Waals surface area contributed by atoms with Gasteiger partial charge in [-0.3, -0.25) is 14.4 Å². The number of rotatable bonds is 6. The van der Waals surface area contributed by atoms with Gasteiger partial charge >= 0.3 is 5.97 Å². The molecule has 3 N–H and O–H groups in total. The molecule has 19 heavy (non-hydrogen) atoms. The smallest absolute Gasteiger partial charge is 0.308 e. The summed E-state index contributed by atoms with van der Waals surface area (Å²) in [6, 6.07) is 0. The third kappa shape index (κ3) is 4.90. The van der Waals surface area contributed by atoms with Gasteiger partial charge in [-0.15, -0.1) is 0 Å². The van der Waals surface area contributed by atoms with Crippen LogP contribution in [0, 0.1) is 11.8 Å². The molecule has 1 heterocycles. The summed E-state index contributed by atoms with van der Waals surface area (Å²) < 4.78 is 0. The molecule has 1 atom stereocenters. The molecule has 1 aromatic rings. The van der Waals surface area contributed by atoms with Crippen molar-refractivity contribution in [1.29, 1.82) is 0 Å². The summed E-state index contributed by atoms with van der Waals surface area (Å²) in [5, 5.41) is 11.5. The fraction of sp³-hybridized carbons (Fsp3) is 0.500. The van der Waals surface area contributed by atoms with Crippen molar-refractivity contribution in [2.75, 3.05) is 6.54 Å². The van der Waals surface area contributed by atoms with E-state index in [1.165, 1.54) is 6.20 Å². The van der Waals surface area contributed by atoms with Gasteiger partial charge in [0.2, 0.25) is 0 Å². The summed E-state index contributed by atoms with van der Waals surface area (Å²) in [6.07, 6.45) is 2.67. The summed E-state index contributed by atoms with van der Waals surface area (Å²) in [6.45, 7) is 3.87. The Labute approximate surface area is 110 Å². The van der Waals surface area contributed by atoms with E-state index >= 15 is 0 Å². The predicted molar refractivity (Wildman–Crippen MR) is 67.8 cm³/mol. The number of aromatic nitrogens is 2. The van der Waals surface area contributed by atoms with Gasteiger partial charge in [0.05, 0.1) is 12.1 Å². The van der Waals surface area contributed by atoms with Crippen molar-refractivity contribution < 1.29 is 14.7 Å². The van der Waals surface area contributed by atoms with E-state index in [0.29, 0.717) is 6.42 Å². The van der Waals surface area contributed by atoms with Crippen LogP contribution in [0.15, 0.2) is 17.2 Å². The minimum Gasteiger partial charge on any atom is -0.481 e. The average molecular weight is 267 g/mol. The van der Waals surface area contributed by atoms with Crippen LogP contribution in [-0.2, 0) is 4.79 Å². The zero-order valence-electron chi connectivity index (χ0n) is 10.8. The molecule has 0 aliphatic rings. The first-order valence-electron chi connectivity index (χ1n) is 5.96. The Kier molecular flexibility index (Phi) is 5.23. The number of aromatic amines is 1. The molecule has 104 valence electrons. The lowest BCUT2D eigenvalue weighted by Gasteiger charge is -2.15. The van der Waals surface area contributed by atoms with Crippen molar-refractivity contribution in [3.8, 4) is 0 Å². The van der Waals surface area contributed by atoms with Crippen molar-refractivity contribution in [2.24, 2.45) is 11.8 Å². The Bertz CT molecular complexity index is 489. The summed E-state index contributed by atoms with van der Waals surface area (Å²) in [4.78, 5) is 39.5. The van der Waals surface area contributed by atoms with Crippen molar-refractivity contribution in [2.45, 2.75) is 20.3 Å². The van der Waals surface area contributed by atoms with Crippen LogP contribution in [0.1, 0.15) is 30.8 Å². The van der Waals surface area contributed by atoms with E-state index in [0.717, 1.165) is 6.20 Å². The van der Waals surface area contributed by atoms with Crippen LogP contribution in [0.3, 0.4) is 0 Å². The van der Waals surface area contributed by atoms with Gasteiger partial charge in [0.25, 0.3) is 11.5 Å². The monoisotopic (exact) mass is 267 g/mol. The highest BCUT2D eigenvalue weighted by atomic mass is 16.4. The van der Waals surface area contributed by atoms with Crippen LogP contribution in [0.25, 0.3) is 0 Å². The van der Waals surface area contributed by atoms with Gasteiger partial charge in [-0.1, -0.05) is 13.8 Å². The van der Waals surface area contributed by atoms with E-state index < -0.39 is 23.4 Å². The molecule has 0 fully saturated rings. The Morgan fingerprint density at radius 3 is 2.63 bits per heavy atom. The molecule has 7 heteroatoms. The van der Waals surface area contributed by atoms with Crippen molar-refractivity contribution in [1.82, 2.24) is 15.3 Å². The van der Waals surface area contributed by atoms with Crippen LogP contribution in [0.4, 0.5) is 0 Å². The highest BCUT2D eigenvalue weighted by Gasteiger charge is 2.20. The van der Waals surface area contributed by atoms with Crippen LogP contribution in [-0.4, -0.2) is 33.5 Å². The summed E-state index contributed by atoms with van der Waals surface area (Å²) in [5.74, 6) is -1.86. The molecular weight excluding hydrogens is 250 g/mol. The van der Waals surface area contributed by atoms with Crippen LogP contribution in [0.5, 0.6) is 0 Å². The van der Waals surface area contributed by atoms with Gasteiger partial charge in [-0.05, 0) is 12.3 Å². The Balaban J connectivity index is 2.59. The average Bonchev–Trinajstić information content (AvgIpc) is 2.34. The second kappa shape index (κ2) is 6.67. The number of carbonyl (C=O) groups is 2. The van der Waals surface area contributed by atoms with Crippen molar-refractivity contribution >= 4 is 11.9 Å². The summed E-state index contributed by atoms with van der Waals surface area (Å²) >= 11 is 0. The fourth-order valence-electron chi connectivity index (χ4n) is 1.61. The minimum atomic E-state index is -0.941. The summed E-state index contributed by atoms with van der Waals surface area (Å²) in [5.41, 5.74) is -0.354. The molecule has 1 unspecified atom stereocenters. The van der Waals surface area contributed by atoms with Gasteiger partial charge in [0, 0.05) is 12.7 Å². The second-order valence-corrected chi connectivity index (χ2v) is 4.67. The number of hydrogen-bond donors (Lipinski definition) is 3. The number of aliphatic carboxylic acids is 1. The van der Waals surface area contributed by atoms with Crippen LogP contribution < -0.4 is 10.9 Å². The molecule has 0 aromatic carbocycles. The van der Waals surface area contributed by atoms with Gasteiger partial charge in [0.1, 0.15) is 5.69 Å². The molecular formula is C12H17N3O4. The number of nitrogens with zero attached hydrogens (tertiary/aromatic N) is 1. The van der Waals surface area contributed by atoms with E-state index in [9.17, 15) is 14.4 Å². The normalized spacial score (nSPS) is 12.2. The van der Waals surface area contributed by atoms with Crippen molar-refractivity contribution in [3.05, 3.63) is 28.4 Å². The summed E-state index contributed by atoms with van der Waals surface area (Å²) in [7, 11) is 0. The molecule has 0 aliphatic heterocycles. The quantitative estimate of drug-likeness (QED) is 0.683. The first-order valence-corrected chi connectivity index (χ1v) is 5.96. The fourth-order valence-corrected chi connectivity index (χ4v) is 1.61. The number of amides is 1. The highest BCUT2D eigenvalue weighted by molar-refractivity contribution is 5.92. The first-order chi connectivity index (χ1) is 8.90. The van der Waals surface area contributed by atoms with Gasteiger partial charge in [-0.25, -0.2) is 4.98 Å². The SMILES string of the molecule is CC(C)CC(CNC(=O)c1c[nH]c(=O)cn1)C(=O)O. The van der Waals surface area contributed by atoms with Crippen molar-refractivity contribution in [3.63, 3.8) is 0 Å². The molecule has 0 spiro atoms. The lowest BCUT2D eigenvalue weighted by atomic mass is 9.97. The first kappa shape index (κ1) is 14.9. The number of H-pyrrole nitrogens is 1. The number of carbonyl (C=O) groups excluding carboxylic acids is 1. The highest BCUT2D eigenvalue weighted by Crippen LogP contribution is 2.11. The van der Waals surface area contributed by atoms with E-state index in [1.54, 1.807) is 0 Å². The van der Waals surface area contributed by atoms with E-state index in [2.05, 4.69) is 15.3 Å². The molecule has 7 nitrogen and oxygen atoms in total. The maximum Gasteiger partial charge on any atom is 0.308 e. The van der Waals surface area contributed by atoms with Gasteiger partial charge in [0.15, 0.2) is 0 Å². The van der Waals surface area contributed by atoms with Crippen LogP contribution in [0.2, 0.25) is 0 Å². The third-order valence-electron chi connectivity index (χ3n) is 2.52. The number of hydrogen-bond acceptors (Lipinski definition) is 4. The predicted octanol–water partition coefficient (Wildman–Crippen LogP) is 0.247. The lowest BCUT2D eigenvalue weighted by molar-refractivity contribution is -0.142. The number of nitrogens with one attached hydrogen (secondary N) is 2. The molecule has 0 radical (unpaired) electrons. The van der Waals surface area contributed by atoms with Gasteiger partial charge < -0.3 is 15.4 Å². The Morgan fingerprint density at radius 2 is 2.16 bits per heavy atom. The number of carboxylic acid groups (broad SMARTS) is 1. The van der Waals surface area contributed by atoms with E-state index in [1.807, 2.05) is 13.8 Å². The third-order valence-corrected chi connectivity index (χ3v) is 2.52. The van der Waals surface area contributed by atoms with Crippen LogP contribution >= 0.6 is 0 Å². The molecule has 0 bridgehead atoms. The molecule has 1 aromatic heterocycles. The molecule has 0 saturated heterocycles. The van der Waals surface area contributed by atoms with Gasteiger partial charge in [-0.2, -0.15) is 0 Å². The zero-order chi connectivity index (χ0) is 14.4. The molecule has 1 amide bonds. The standard InChI is InChI=1S/C12H17N3O4/c1-7(2)3-8(12(18)19)4-15-11(17)9-5-14-10(16)6-13-9/h5-8H,3-4H2,1-2H3,(H,14,16)(H,15,17)(H,18,19). The lowest BCUT2D eigenvalue weighted by Crippen LogP contribution is -2.34. The largest absolute Gasteiger partial charge is 0.481 e. The van der Waals surface area contributed by atoms with E-state index in [4.69, 9.17) is 5.11 Å². The Morgan fingerprint density at radius 1 is 1.47 bits per heavy atom. The second-order valence-electron chi connectivity index (χ2n) is 4.67. The van der Waals surface area contributed by atoms with E-state index in [-0.39, 0.29) is 18.2 Å². The minimum absolute atomic E-state index is 0.0349. The maximum absolute atomic E-state index is 11.7. The maximum atomic E-state index is 11.7. The molecule has 1 rings (SSSR count). The number of carboxylic acids is 1. The molecule has 0 saturated carbocycles. The zero-order valence-corrected chi connectivity index (χ0v) is 10.8. The molecule has 0 aliphatic carbocycles. The Hall–Kier alpha value is -2.18.